The number of hydrogen-bond donors (Lipinski definition) is 2. The molecule has 0 aromatic rings. The van der Waals surface area contributed by atoms with Crippen LogP contribution < -0.4 is 10.6 Å². The van der Waals surface area contributed by atoms with Crippen molar-refractivity contribution in [3.8, 4) is 0 Å². The van der Waals surface area contributed by atoms with Crippen LogP contribution in [0.15, 0.2) is 24.3 Å². The van der Waals surface area contributed by atoms with E-state index in [1.807, 2.05) is 0 Å². The number of allylic oxidation sites excluding steroid dienone is 4. The molecule has 5 nitrogen and oxygen atoms in total. The lowest BCUT2D eigenvalue weighted by Gasteiger charge is -2.16. The summed E-state index contributed by atoms with van der Waals surface area (Å²) in [5.74, 6) is 0.397. The number of nitrogens with zero attached hydrogens (tertiary/aromatic N) is 1. The fourth-order valence-corrected chi connectivity index (χ4v) is 6.15. The summed E-state index contributed by atoms with van der Waals surface area (Å²) in [4.78, 5) is 26.6. The number of hydrogen-bond acceptors (Lipinski definition) is 3. The first kappa shape index (κ1) is 46.4. The van der Waals surface area contributed by atoms with Gasteiger partial charge in [-0.3, -0.25) is 9.59 Å². The van der Waals surface area contributed by atoms with Crippen molar-refractivity contribution in [1.29, 1.82) is 0 Å². The normalized spacial score (nSPS) is 11.8. The standard InChI is InChI=1S/C43H83N3O2/c1-4-6-8-10-12-14-16-18-20-22-24-26-28-30-32-36-42(47)44-38-34-40-46(3)41-35-39-45-43(48)37-33-31-29-27-25-23-21-19-17-15-13-11-9-7-5-2/h18-21H,4-17,22-41H2,1-3H3,(H,44,47)(H,45,48)/b20-18-,21-19+. The van der Waals surface area contributed by atoms with Crippen molar-refractivity contribution in [2.75, 3.05) is 33.2 Å². The number of nitrogens with one attached hydrogen (secondary N) is 2. The number of rotatable bonds is 38. The third kappa shape index (κ3) is 38.8. The van der Waals surface area contributed by atoms with Crippen LogP contribution in [-0.4, -0.2) is 49.9 Å². The van der Waals surface area contributed by atoms with Crippen LogP contribution in [-0.2, 0) is 9.59 Å². The van der Waals surface area contributed by atoms with Gasteiger partial charge >= 0.3 is 0 Å². The van der Waals surface area contributed by atoms with Crippen LogP contribution in [0.4, 0.5) is 0 Å². The zero-order chi connectivity index (χ0) is 35.0. The van der Waals surface area contributed by atoms with Crippen LogP contribution >= 0.6 is 0 Å². The molecule has 0 saturated carbocycles. The van der Waals surface area contributed by atoms with Crippen molar-refractivity contribution in [3.63, 3.8) is 0 Å². The van der Waals surface area contributed by atoms with Gasteiger partial charge in [-0.15, -0.1) is 0 Å². The Labute approximate surface area is 300 Å². The lowest BCUT2D eigenvalue weighted by Crippen LogP contribution is -2.30. The molecule has 0 spiro atoms. The topological polar surface area (TPSA) is 61.4 Å². The van der Waals surface area contributed by atoms with E-state index in [1.165, 1.54) is 141 Å². The molecule has 0 rings (SSSR count). The van der Waals surface area contributed by atoms with Crippen molar-refractivity contribution < 1.29 is 9.59 Å². The van der Waals surface area contributed by atoms with Crippen LogP contribution in [0.3, 0.4) is 0 Å². The Balaban J connectivity index is 3.41. The summed E-state index contributed by atoms with van der Waals surface area (Å²) in [5, 5.41) is 6.18. The van der Waals surface area contributed by atoms with Crippen molar-refractivity contribution in [1.82, 2.24) is 15.5 Å². The van der Waals surface area contributed by atoms with Gasteiger partial charge in [0.05, 0.1) is 0 Å². The molecular formula is C43H83N3O2. The van der Waals surface area contributed by atoms with E-state index >= 15 is 0 Å². The van der Waals surface area contributed by atoms with Crippen molar-refractivity contribution in [2.24, 2.45) is 0 Å². The maximum atomic E-state index is 12.1. The molecule has 0 atom stereocenters. The van der Waals surface area contributed by atoms with Crippen LogP contribution in [0.2, 0.25) is 0 Å². The zero-order valence-electron chi connectivity index (χ0n) is 32.6. The molecule has 2 N–H and O–H groups in total. The molecule has 0 unspecified atom stereocenters. The summed E-state index contributed by atoms with van der Waals surface area (Å²) in [6.07, 6.45) is 46.1. The smallest absolute Gasteiger partial charge is 0.219 e. The molecular weight excluding hydrogens is 590 g/mol. The molecule has 0 aliphatic carbocycles. The summed E-state index contributed by atoms with van der Waals surface area (Å²) >= 11 is 0. The monoisotopic (exact) mass is 674 g/mol. The van der Waals surface area contributed by atoms with E-state index in [0.717, 1.165) is 64.7 Å². The first-order chi connectivity index (χ1) is 23.6. The van der Waals surface area contributed by atoms with Crippen molar-refractivity contribution >= 4 is 11.8 Å². The molecule has 5 heteroatoms. The second-order valence-electron chi connectivity index (χ2n) is 14.4. The molecule has 0 aliphatic heterocycles. The fraction of sp³-hybridized carbons (Fsp3) is 0.860. The van der Waals surface area contributed by atoms with Crippen molar-refractivity contribution in [2.45, 2.75) is 206 Å². The van der Waals surface area contributed by atoms with Gasteiger partial charge in [0.25, 0.3) is 0 Å². The Morgan fingerprint density at radius 2 is 0.708 bits per heavy atom. The molecule has 2 amide bonds. The Morgan fingerprint density at radius 1 is 0.417 bits per heavy atom. The van der Waals surface area contributed by atoms with Gasteiger partial charge in [0.2, 0.25) is 11.8 Å². The average molecular weight is 674 g/mol. The van der Waals surface area contributed by atoms with Gasteiger partial charge in [0.1, 0.15) is 0 Å². The lowest BCUT2D eigenvalue weighted by atomic mass is 10.1. The van der Waals surface area contributed by atoms with Gasteiger partial charge < -0.3 is 15.5 Å². The Hall–Kier alpha value is -1.62. The van der Waals surface area contributed by atoms with Gasteiger partial charge in [-0.05, 0) is 97.2 Å². The Morgan fingerprint density at radius 3 is 1.04 bits per heavy atom. The Kier molecular flexibility index (Phi) is 38.5. The summed E-state index contributed by atoms with van der Waals surface area (Å²) in [6.45, 7) is 7.99. The molecule has 0 fully saturated rings. The molecule has 0 bridgehead atoms. The fourth-order valence-electron chi connectivity index (χ4n) is 6.15. The molecule has 0 radical (unpaired) electrons. The quantitative estimate of drug-likeness (QED) is 0.0506. The van der Waals surface area contributed by atoms with Crippen LogP contribution in [0.25, 0.3) is 0 Å². The summed E-state index contributed by atoms with van der Waals surface area (Å²) in [6, 6.07) is 0. The van der Waals surface area contributed by atoms with Crippen molar-refractivity contribution in [3.05, 3.63) is 24.3 Å². The van der Waals surface area contributed by atoms with Crippen LogP contribution in [0.1, 0.15) is 206 Å². The second-order valence-corrected chi connectivity index (χ2v) is 14.4. The van der Waals surface area contributed by atoms with E-state index in [2.05, 4.69) is 60.7 Å². The highest BCUT2D eigenvalue weighted by Gasteiger charge is 2.04. The predicted octanol–water partition coefficient (Wildman–Crippen LogP) is 12.0. The number of carbonyl (C=O) groups excluding carboxylic acids is 2. The van der Waals surface area contributed by atoms with Gasteiger partial charge in [0, 0.05) is 25.9 Å². The molecule has 0 saturated heterocycles. The van der Waals surface area contributed by atoms with Gasteiger partial charge in [-0.2, -0.15) is 0 Å². The highest BCUT2D eigenvalue weighted by molar-refractivity contribution is 5.76. The van der Waals surface area contributed by atoms with Gasteiger partial charge in [0.15, 0.2) is 0 Å². The third-order valence-electron chi connectivity index (χ3n) is 9.41. The minimum Gasteiger partial charge on any atom is -0.356 e. The first-order valence-electron chi connectivity index (χ1n) is 21.1. The van der Waals surface area contributed by atoms with Crippen LogP contribution in [0.5, 0.6) is 0 Å². The van der Waals surface area contributed by atoms with E-state index in [0.29, 0.717) is 12.8 Å². The number of unbranched alkanes of at least 4 members (excludes halogenated alkanes) is 22. The van der Waals surface area contributed by atoms with Gasteiger partial charge in [-0.25, -0.2) is 0 Å². The average Bonchev–Trinajstić information content (AvgIpc) is 3.08. The third-order valence-corrected chi connectivity index (χ3v) is 9.41. The van der Waals surface area contributed by atoms with E-state index in [1.54, 1.807) is 0 Å². The van der Waals surface area contributed by atoms with E-state index < -0.39 is 0 Å². The summed E-state index contributed by atoms with van der Waals surface area (Å²) < 4.78 is 0. The predicted molar refractivity (Wildman–Crippen MR) is 212 cm³/mol. The summed E-state index contributed by atoms with van der Waals surface area (Å²) in [7, 11) is 2.13. The maximum Gasteiger partial charge on any atom is 0.219 e. The molecule has 282 valence electrons. The lowest BCUT2D eigenvalue weighted by molar-refractivity contribution is -0.122. The molecule has 0 aromatic carbocycles. The largest absolute Gasteiger partial charge is 0.356 e. The Bertz CT molecular complexity index is 676. The van der Waals surface area contributed by atoms with Gasteiger partial charge in [-0.1, -0.05) is 141 Å². The first-order valence-corrected chi connectivity index (χ1v) is 21.1. The maximum absolute atomic E-state index is 12.1. The highest BCUT2D eigenvalue weighted by atomic mass is 16.2. The van der Waals surface area contributed by atoms with E-state index in [-0.39, 0.29) is 11.8 Å². The van der Waals surface area contributed by atoms with Crippen LogP contribution in [0, 0.1) is 0 Å². The SMILES string of the molecule is CCCCCCCC/C=C\CCCCCCCC(=O)NCCCN(C)CCCNC(=O)CCCCCCC/C=C/CCCCCCCC. The molecule has 0 aliphatic rings. The molecule has 0 heterocycles. The molecule has 48 heavy (non-hydrogen) atoms. The highest BCUT2D eigenvalue weighted by Crippen LogP contribution is 2.11. The molecule has 0 aromatic heterocycles. The second kappa shape index (κ2) is 39.8. The summed E-state index contributed by atoms with van der Waals surface area (Å²) in [5.41, 5.74) is 0. The van der Waals surface area contributed by atoms with E-state index in [9.17, 15) is 9.59 Å². The number of carbonyl (C=O) groups is 2. The minimum absolute atomic E-state index is 0.198. The van der Waals surface area contributed by atoms with E-state index in [4.69, 9.17) is 0 Å². The zero-order valence-corrected chi connectivity index (χ0v) is 32.6. The number of amides is 2. The minimum atomic E-state index is 0.198.